The van der Waals surface area contributed by atoms with Gasteiger partial charge in [0, 0.05) is 39.0 Å². The third-order valence-electron chi connectivity index (χ3n) is 13.8. The lowest BCUT2D eigenvalue weighted by Gasteiger charge is -2.42. The molecule has 0 radical (unpaired) electrons. The van der Waals surface area contributed by atoms with Gasteiger partial charge in [0.25, 0.3) is 0 Å². The molecule has 1 aliphatic heterocycles. The van der Waals surface area contributed by atoms with Crippen LogP contribution in [0.5, 0.6) is 0 Å². The smallest absolute Gasteiger partial charge is 0.0506 e. The molecular formula is C57H48N2. The predicted octanol–water partition coefficient (Wildman–Crippen LogP) is 15.5. The van der Waals surface area contributed by atoms with Crippen LogP contribution < -0.4 is 9.80 Å². The van der Waals surface area contributed by atoms with Gasteiger partial charge in [-0.05, 0) is 146 Å². The fourth-order valence-corrected chi connectivity index (χ4v) is 10.6. The van der Waals surface area contributed by atoms with E-state index in [9.17, 15) is 0 Å². The van der Waals surface area contributed by atoms with Gasteiger partial charge in [0.15, 0.2) is 0 Å². The highest BCUT2D eigenvalue weighted by Gasteiger charge is 2.43. The van der Waals surface area contributed by atoms with E-state index in [1.807, 2.05) is 0 Å². The molecule has 0 fully saturated rings. The molecule has 0 spiro atoms. The van der Waals surface area contributed by atoms with Gasteiger partial charge in [-0.1, -0.05) is 145 Å². The molecule has 286 valence electrons. The van der Waals surface area contributed by atoms with Crippen molar-refractivity contribution in [1.29, 1.82) is 0 Å². The van der Waals surface area contributed by atoms with E-state index in [0.717, 1.165) is 11.4 Å². The van der Waals surface area contributed by atoms with Crippen LogP contribution in [0.1, 0.15) is 74.9 Å². The molecule has 2 nitrogen and oxygen atoms in total. The Balaban J connectivity index is 0.984. The number of hydrogen-bond donors (Lipinski definition) is 0. The van der Waals surface area contributed by atoms with E-state index >= 15 is 0 Å². The lowest BCUT2D eigenvalue weighted by Crippen LogP contribution is -2.31. The second-order valence-corrected chi connectivity index (χ2v) is 18.2. The standard InChI is InChI=1S/C57H48N2/c1-55(2)47-24-16-17-25-53(47)59(41-22-14-9-15-23-41)54-36-51-46(35-52(54)55)45-30-27-38(33-49(45)57(51,5)6)37-26-29-43-44-31-28-42(34-50(44)56(3,4)48(43)32-37)58(39-18-10-7-11-19-39)40-20-12-8-13-21-40/h7-36H,1-6H3. The maximum Gasteiger partial charge on any atom is 0.0506 e. The number of nitrogens with zero attached hydrogens (tertiary/aromatic N) is 2. The maximum absolute atomic E-state index is 2.52. The van der Waals surface area contributed by atoms with Gasteiger partial charge in [-0.25, -0.2) is 0 Å². The summed E-state index contributed by atoms with van der Waals surface area (Å²) in [7, 11) is 0. The van der Waals surface area contributed by atoms with Gasteiger partial charge >= 0.3 is 0 Å². The fraction of sp³-hybridized carbons (Fsp3) is 0.158. The molecule has 0 aromatic heterocycles. The minimum Gasteiger partial charge on any atom is -0.310 e. The van der Waals surface area contributed by atoms with Crippen molar-refractivity contribution >= 4 is 34.1 Å². The minimum absolute atomic E-state index is 0.157. The van der Waals surface area contributed by atoms with Gasteiger partial charge in [0.05, 0.1) is 11.4 Å². The second kappa shape index (κ2) is 12.7. The lowest BCUT2D eigenvalue weighted by molar-refractivity contribution is 0.627. The Morgan fingerprint density at radius 2 is 0.780 bits per heavy atom. The zero-order valence-corrected chi connectivity index (χ0v) is 34.7. The van der Waals surface area contributed by atoms with Crippen LogP contribution in [0.25, 0.3) is 33.4 Å². The number of benzene rings is 8. The van der Waals surface area contributed by atoms with E-state index in [4.69, 9.17) is 0 Å². The SMILES string of the molecule is CC1(C)c2cc(-c3ccc4c(c3)C(C)(C)c3cc5c(cc3-4)C(C)(C)c3ccccc3N5c3ccccc3)ccc2-c2ccc(N(c3ccccc3)c3ccccc3)cc21. The van der Waals surface area contributed by atoms with Crippen molar-refractivity contribution in [3.63, 3.8) is 0 Å². The van der Waals surface area contributed by atoms with Crippen molar-refractivity contribution < 1.29 is 0 Å². The molecule has 1 heterocycles. The molecule has 59 heavy (non-hydrogen) atoms. The van der Waals surface area contributed by atoms with E-state index < -0.39 is 0 Å². The Kier molecular flexibility index (Phi) is 7.63. The van der Waals surface area contributed by atoms with E-state index in [-0.39, 0.29) is 16.2 Å². The molecule has 0 N–H and O–H groups in total. The second-order valence-electron chi connectivity index (χ2n) is 18.2. The van der Waals surface area contributed by atoms with Gasteiger partial charge < -0.3 is 9.80 Å². The van der Waals surface area contributed by atoms with E-state index in [0.29, 0.717) is 0 Å². The first kappa shape index (κ1) is 35.5. The van der Waals surface area contributed by atoms with E-state index in [1.54, 1.807) is 0 Å². The molecule has 0 saturated heterocycles. The molecule has 0 atom stereocenters. The predicted molar refractivity (Wildman–Crippen MR) is 248 cm³/mol. The summed E-state index contributed by atoms with van der Waals surface area (Å²) in [4.78, 5) is 4.85. The van der Waals surface area contributed by atoms with Crippen molar-refractivity contribution in [2.24, 2.45) is 0 Å². The maximum atomic E-state index is 2.52. The van der Waals surface area contributed by atoms with Crippen LogP contribution >= 0.6 is 0 Å². The summed E-state index contributed by atoms with van der Waals surface area (Å²) in [5.41, 5.74) is 22.8. The Hall–Kier alpha value is -6.64. The Bertz CT molecular complexity index is 2920. The minimum atomic E-state index is -0.175. The van der Waals surface area contributed by atoms with Gasteiger partial charge in [-0.2, -0.15) is 0 Å². The molecule has 2 aliphatic carbocycles. The highest BCUT2D eigenvalue weighted by molar-refractivity contribution is 5.93. The van der Waals surface area contributed by atoms with Gasteiger partial charge in [0.2, 0.25) is 0 Å². The van der Waals surface area contributed by atoms with Crippen molar-refractivity contribution in [2.75, 3.05) is 9.80 Å². The summed E-state index contributed by atoms with van der Waals surface area (Å²) in [6.07, 6.45) is 0. The summed E-state index contributed by atoms with van der Waals surface area (Å²) < 4.78 is 0. The average molecular weight is 761 g/mol. The molecule has 0 saturated carbocycles. The van der Waals surface area contributed by atoms with Crippen LogP contribution in [0.15, 0.2) is 182 Å². The summed E-state index contributed by atoms with van der Waals surface area (Å²) >= 11 is 0. The average Bonchev–Trinajstić information content (AvgIpc) is 3.62. The summed E-state index contributed by atoms with van der Waals surface area (Å²) in [5, 5.41) is 0. The molecule has 8 aromatic rings. The number of fused-ring (bicyclic) bond motifs is 8. The highest BCUT2D eigenvalue weighted by Crippen LogP contribution is 2.58. The van der Waals surface area contributed by atoms with Crippen molar-refractivity contribution in [3.05, 3.63) is 215 Å². The van der Waals surface area contributed by atoms with Crippen molar-refractivity contribution in [3.8, 4) is 33.4 Å². The molecule has 8 aromatic carbocycles. The van der Waals surface area contributed by atoms with Crippen LogP contribution in [-0.4, -0.2) is 0 Å². The van der Waals surface area contributed by atoms with Crippen LogP contribution in [0.2, 0.25) is 0 Å². The molecular weight excluding hydrogens is 713 g/mol. The lowest BCUT2D eigenvalue weighted by atomic mass is 9.72. The molecule has 2 heteroatoms. The molecule has 11 rings (SSSR count). The summed E-state index contributed by atoms with van der Waals surface area (Å²) in [6, 6.07) is 67.7. The highest BCUT2D eigenvalue weighted by atomic mass is 15.2. The van der Waals surface area contributed by atoms with Crippen LogP contribution in [-0.2, 0) is 16.2 Å². The zero-order chi connectivity index (χ0) is 40.3. The van der Waals surface area contributed by atoms with Crippen LogP contribution in [0, 0.1) is 0 Å². The first-order chi connectivity index (χ1) is 28.5. The molecule has 0 unspecified atom stereocenters. The summed E-state index contributed by atoms with van der Waals surface area (Å²) in [6.45, 7) is 14.4. The third-order valence-corrected chi connectivity index (χ3v) is 13.8. The van der Waals surface area contributed by atoms with Gasteiger partial charge in [-0.15, -0.1) is 0 Å². The quantitative estimate of drug-likeness (QED) is 0.172. The van der Waals surface area contributed by atoms with Crippen molar-refractivity contribution in [2.45, 2.75) is 57.8 Å². The van der Waals surface area contributed by atoms with E-state index in [1.165, 1.54) is 89.5 Å². The van der Waals surface area contributed by atoms with Crippen LogP contribution in [0.3, 0.4) is 0 Å². The number of anilines is 6. The topological polar surface area (TPSA) is 6.48 Å². The van der Waals surface area contributed by atoms with Gasteiger partial charge in [0.1, 0.15) is 0 Å². The molecule has 0 bridgehead atoms. The zero-order valence-electron chi connectivity index (χ0n) is 34.7. The summed E-state index contributed by atoms with van der Waals surface area (Å²) in [5.74, 6) is 0. The first-order valence-corrected chi connectivity index (χ1v) is 21.0. The molecule has 3 aliphatic rings. The normalized spacial score (nSPS) is 15.7. The van der Waals surface area contributed by atoms with Crippen LogP contribution in [0.4, 0.5) is 34.1 Å². The number of rotatable bonds is 5. The Labute approximate surface area is 349 Å². The third kappa shape index (κ3) is 5.18. The van der Waals surface area contributed by atoms with Crippen molar-refractivity contribution in [1.82, 2.24) is 0 Å². The molecule has 0 amide bonds. The monoisotopic (exact) mass is 760 g/mol. The fourth-order valence-electron chi connectivity index (χ4n) is 10.6. The number of para-hydroxylation sites is 4. The Morgan fingerprint density at radius 1 is 0.322 bits per heavy atom. The first-order valence-electron chi connectivity index (χ1n) is 21.0. The van der Waals surface area contributed by atoms with Gasteiger partial charge in [-0.3, -0.25) is 0 Å². The Morgan fingerprint density at radius 3 is 1.37 bits per heavy atom. The largest absolute Gasteiger partial charge is 0.310 e. The number of hydrogen-bond acceptors (Lipinski definition) is 2. The van der Waals surface area contributed by atoms with E-state index in [2.05, 4.69) is 233 Å².